The normalized spacial score (nSPS) is 13.4. The fraction of sp³-hybridized carbons (Fsp3) is 0.400. The van der Waals surface area contributed by atoms with Gasteiger partial charge in [0.1, 0.15) is 0 Å². The van der Waals surface area contributed by atoms with Crippen LogP contribution in [-0.4, -0.2) is 25.3 Å². The van der Waals surface area contributed by atoms with Crippen molar-refractivity contribution in [3.05, 3.63) is 36.7 Å². The Hall–Kier alpha value is -0.980. The molecule has 114 valence electrons. The summed E-state index contributed by atoms with van der Waals surface area (Å²) in [6, 6.07) is 6.98. The summed E-state index contributed by atoms with van der Waals surface area (Å²) in [4.78, 5) is 4.34. The summed E-state index contributed by atoms with van der Waals surface area (Å²) < 4.78 is 27.8. The Bertz CT molecular complexity index is 698. The van der Waals surface area contributed by atoms with Crippen LogP contribution in [-0.2, 0) is 10.0 Å². The third-order valence-corrected chi connectivity index (χ3v) is 5.53. The van der Waals surface area contributed by atoms with E-state index in [9.17, 15) is 8.42 Å². The first-order valence-corrected chi connectivity index (χ1v) is 9.57. The summed E-state index contributed by atoms with van der Waals surface area (Å²) in [6.45, 7) is 2.54. The molecule has 0 radical (unpaired) electrons. The molecule has 0 aliphatic rings. The molecule has 1 atom stereocenters. The third kappa shape index (κ3) is 4.02. The van der Waals surface area contributed by atoms with Crippen LogP contribution in [0, 0.1) is 5.92 Å². The summed E-state index contributed by atoms with van der Waals surface area (Å²) in [7, 11) is -3.50. The van der Waals surface area contributed by atoms with E-state index in [0.29, 0.717) is 22.7 Å². The summed E-state index contributed by atoms with van der Waals surface area (Å²) in [5.74, 6) is 0.343. The van der Waals surface area contributed by atoms with Gasteiger partial charge in [0.25, 0.3) is 0 Å². The lowest BCUT2D eigenvalue weighted by Crippen LogP contribution is -2.29. The van der Waals surface area contributed by atoms with Gasteiger partial charge in [0.2, 0.25) is 10.0 Å². The number of halogens is 1. The second kappa shape index (κ2) is 7.33. The van der Waals surface area contributed by atoms with Crippen molar-refractivity contribution in [3.8, 4) is 0 Å². The van der Waals surface area contributed by atoms with Crippen LogP contribution in [0.15, 0.2) is 41.6 Å². The maximum absolute atomic E-state index is 12.5. The highest BCUT2D eigenvalue weighted by Gasteiger charge is 2.18. The average Bonchev–Trinajstić information content (AvgIpc) is 2.50. The van der Waals surface area contributed by atoms with Gasteiger partial charge in [0, 0.05) is 35.0 Å². The number of pyridine rings is 1. The highest BCUT2D eigenvalue weighted by molar-refractivity contribution is 9.09. The van der Waals surface area contributed by atoms with Crippen LogP contribution < -0.4 is 4.72 Å². The van der Waals surface area contributed by atoms with Gasteiger partial charge in [-0.05, 0) is 24.5 Å². The maximum atomic E-state index is 12.5. The van der Waals surface area contributed by atoms with Crippen LogP contribution in [0.5, 0.6) is 0 Å². The molecule has 0 fully saturated rings. The quantitative estimate of drug-likeness (QED) is 0.760. The predicted molar refractivity (Wildman–Crippen MR) is 89.1 cm³/mol. The molecule has 4 nitrogen and oxygen atoms in total. The van der Waals surface area contributed by atoms with Gasteiger partial charge in [-0.2, -0.15) is 0 Å². The monoisotopic (exact) mass is 370 g/mol. The number of rotatable bonds is 7. The lowest BCUT2D eigenvalue weighted by atomic mass is 10.0. The molecule has 0 spiro atoms. The number of hydrogen-bond donors (Lipinski definition) is 1. The SMILES string of the molecule is CCC(CCBr)CNS(=O)(=O)c1cccc2cnccc12. The van der Waals surface area contributed by atoms with Crippen LogP contribution in [0.2, 0.25) is 0 Å². The molecule has 0 bridgehead atoms. The zero-order valence-electron chi connectivity index (χ0n) is 11.9. The van der Waals surface area contributed by atoms with E-state index in [2.05, 4.69) is 32.6 Å². The smallest absolute Gasteiger partial charge is 0.241 e. The molecule has 1 heterocycles. The van der Waals surface area contributed by atoms with Crippen LogP contribution in [0.4, 0.5) is 0 Å². The molecule has 1 aromatic heterocycles. The molecule has 6 heteroatoms. The van der Waals surface area contributed by atoms with Crippen LogP contribution >= 0.6 is 15.9 Å². The lowest BCUT2D eigenvalue weighted by Gasteiger charge is -2.15. The Morgan fingerprint density at radius 2 is 2.14 bits per heavy atom. The Kier molecular flexibility index (Phi) is 5.72. The molecule has 0 saturated heterocycles. The molecule has 2 rings (SSSR count). The van der Waals surface area contributed by atoms with Gasteiger partial charge < -0.3 is 0 Å². The van der Waals surface area contributed by atoms with Crippen LogP contribution in [0.3, 0.4) is 0 Å². The van der Waals surface area contributed by atoms with E-state index in [1.165, 1.54) is 0 Å². The van der Waals surface area contributed by atoms with Crippen molar-refractivity contribution in [1.29, 1.82) is 0 Å². The largest absolute Gasteiger partial charge is 0.264 e. The molecule has 0 aliphatic carbocycles. The molecular formula is C15H19BrN2O2S. The van der Waals surface area contributed by atoms with E-state index < -0.39 is 10.0 Å². The van der Waals surface area contributed by atoms with Crippen LogP contribution in [0.1, 0.15) is 19.8 Å². The average molecular weight is 371 g/mol. The Morgan fingerprint density at radius 1 is 1.33 bits per heavy atom. The van der Waals surface area contributed by atoms with Crippen molar-refractivity contribution in [2.24, 2.45) is 5.92 Å². The molecule has 1 N–H and O–H groups in total. The van der Waals surface area contributed by atoms with E-state index in [1.54, 1.807) is 30.6 Å². The summed E-state index contributed by atoms with van der Waals surface area (Å²) in [5.41, 5.74) is 0. The zero-order chi connectivity index (χ0) is 15.3. The van der Waals surface area contributed by atoms with Gasteiger partial charge in [0.15, 0.2) is 0 Å². The predicted octanol–water partition coefficient (Wildman–Crippen LogP) is 3.32. The van der Waals surface area contributed by atoms with Crippen molar-refractivity contribution < 1.29 is 8.42 Å². The summed E-state index contributed by atoms with van der Waals surface area (Å²) >= 11 is 3.40. The molecule has 0 aliphatic heterocycles. The number of benzene rings is 1. The van der Waals surface area contributed by atoms with Gasteiger partial charge in [-0.3, -0.25) is 4.98 Å². The molecular weight excluding hydrogens is 352 g/mol. The van der Waals surface area contributed by atoms with E-state index in [4.69, 9.17) is 0 Å². The molecule has 2 aromatic rings. The zero-order valence-corrected chi connectivity index (χ0v) is 14.3. The second-order valence-electron chi connectivity index (χ2n) is 4.96. The van der Waals surface area contributed by atoms with Crippen molar-refractivity contribution in [2.45, 2.75) is 24.7 Å². The molecule has 0 saturated carbocycles. The highest BCUT2D eigenvalue weighted by atomic mass is 79.9. The van der Waals surface area contributed by atoms with E-state index in [0.717, 1.165) is 23.6 Å². The van der Waals surface area contributed by atoms with E-state index in [-0.39, 0.29) is 0 Å². The Morgan fingerprint density at radius 3 is 2.86 bits per heavy atom. The number of hydrogen-bond acceptors (Lipinski definition) is 3. The molecule has 1 unspecified atom stereocenters. The lowest BCUT2D eigenvalue weighted by molar-refractivity contribution is 0.483. The second-order valence-corrected chi connectivity index (χ2v) is 7.49. The number of fused-ring (bicyclic) bond motifs is 1. The first kappa shape index (κ1) is 16.4. The first-order chi connectivity index (χ1) is 10.1. The fourth-order valence-electron chi connectivity index (χ4n) is 2.24. The minimum Gasteiger partial charge on any atom is -0.264 e. The Balaban J connectivity index is 2.26. The number of nitrogens with one attached hydrogen (secondary N) is 1. The van der Waals surface area contributed by atoms with Gasteiger partial charge in [0.05, 0.1) is 4.90 Å². The topological polar surface area (TPSA) is 59.1 Å². The maximum Gasteiger partial charge on any atom is 0.241 e. The molecule has 1 aromatic carbocycles. The number of sulfonamides is 1. The van der Waals surface area contributed by atoms with Crippen molar-refractivity contribution >= 4 is 36.7 Å². The van der Waals surface area contributed by atoms with Gasteiger partial charge in [-0.1, -0.05) is 41.4 Å². The highest BCUT2D eigenvalue weighted by Crippen LogP contribution is 2.22. The minimum absolute atomic E-state index is 0.316. The van der Waals surface area contributed by atoms with E-state index >= 15 is 0 Å². The van der Waals surface area contributed by atoms with E-state index in [1.807, 2.05) is 6.07 Å². The van der Waals surface area contributed by atoms with Crippen molar-refractivity contribution in [3.63, 3.8) is 0 Å². The standard InChI is InChI=1S/C15H19BrN2O2S/c1-2-12(6-8-16)10-18-21(19,20)15-5-3-4-13-11-17-9-7-14(13)15/h3-5,7,9,11-12,18H,2,6,8,10H2,1H3. The van der Waals surface area contributed by atoms with Gasteiger partial charge in [-0.25, -0.2) is 13.1 Å². The summed E-state index contributed by atoms with van der Waals surface area (Å²) in [6.07, 6.45) is 5.20. The fourth-order valence-corrected chi connectivity index (χ4v) is 4.23. The number of aromatic nitrogens is 1. The molecule has 21 heavy (non-hydrogen) atoms. The van der Waals surface area contributed by atoms with Crippen molar-refractivity contribution in [2.75, 3.05) is 11.9 Å². The third-order valence-electron chi connectivity index (χ3n) is 3.59. The number of nitrogens with zero attached hydrogens (tertiary/aromatic N) is 1. The molecule has 0 amide bonds. The summed E-state index contributed by atoms with van der Waals surface area (Å²) in [5, 5.41) is 2.41. The van der Waals surface area contributed by atoms with Crippen molar-refractivity contribution in [1.82, 2.24) is 9.71 Å². The minimum atomic E-state index is -3.50. The first-order valence-electron chi connectivity index (χ1n) is 6.97. The van der Waals surface area contributed by atoms with Gasteiger partial charge >= 0.3 is 0 Å². The Labute approximate surface area is 134 Å². The number of alkyl halides is 1. The van der Waals surface area contributed by atoms with Crippen LogP contribution in [0.25, 0.3) is 10.8 Å². The van der Waals surface area contributed by atoms with Gasteiger partial charge in [-0.15, -0.1) is 0 Å².